The highest BCUT2D eigenvalue weighted by Crippen LogP contribution is 2.15. The zero-order chi connectivity index (χ0) is 15.8. The lowest BCUT2D eigenvalue weighted by Crippen LogP contribution is -2.35. The zero-order valence-electron chi connectivity index (χ0n) is 13.2. The van der Waals surface area contributed by atoms with Crippen molar-refractivity contribution in [2.24, 2.45) is 0 Å². The summed E-state index contributed by atoms with van der Waals surface area (Å²) < 4.78 is 14.2. The standard InChI is InChI=1S/C15H25FN4O/c1-5-8-17-14-13(16)12(6-9-18-14)15(21)19-11(2)7-10-20(3)4/h6,9,11H,5,7-8,10H2,1-4H3,(H,17,18)(H,19,21). The Balaban J connectivity index is 2.69. The van der Waals surface area contributed by atoms with Crippen molar-refractivity contribution < 1.29 is 9.18 Å². The van der Waals surface area contributed by atoms with Crippen molar-refractivity contribution in [3.05, 3.63) is 23.6 Å². The lowest BCUT2D eigenvalue weighted by atomic mass is 10.2. The number of hydrogen-bond acceptors (Lipinski definition) is 4. The van der Waals surface area contributed by atoms with E-state index in [2.05, 4.69) is 15.6 Å². The van der Waals surface area contributed by atoms with Crippen LogP contribution in [0.1, 0.15) is 37.0 Å². The molecule has 6 heteroatoms. The minimum absolute atomic E-state index is 0.0143. The number of nitrogens with zero attached hydrogens (tertiary/aromatic N) is 2. The van der Waals surface area contributed by atoms with Gasteiger partial charge < -0.3 is 15.5 Å². The van der Waals surface area contributed by atoms with Crippen LogP contribution in [0.4, 0.5) is 10.2 Å². The van der Waals surface area contributed by atoms with E-state index in [1.54, 1.807) is 0 Å². The van der Waals surface area contributed by atoms with Gasteiger partial charge in [0.05, 0.1) is 5.56 Å². The number of pyridine rings is 1. The van der Waals surface area contributed by atoms with Crippen molar-refractivity contribution in [1.82, 2.24) is 15.2 Å². The monoisotopic (exact) mass is 296 g/mol. The van der Waals surface area contributed by atoms with Crippen LogP contribution >= 0.6 is 0 Å². The fraction of sp³-hybridized carbons (Fsp3) is 0.600. The van der Waals surface area contributed by atoms with Gasteiger partial charge in [-0.15, -0.1) is 0 Å². The molecule has 0 aliphatic rings. The molecule has 1 heterocycles. The van der Waals surface area contributed by atoms with Crippen molar-refractivity contribution in [1.29, 1.82) is 0 Å². The number of amides is 1. The summed E-state index contributed by atoms with van der Waals surface area (Å²) in [5, 5.41) is 5.69. The summed E-state index contributed by atoms with van der Waals surface area (Å²) in [6, 6.07) is 1.39. The maximum Gasteiger partial charge on any atom is 0.254 e. The molecule has 0 bridgehead atoms. The molecule has 2 N–H and O–H groups in total. The molecular weight excluding hydrogens is 271 g/mol. The number of nitrogens with one attached hydrogen (secondary N) is 2. The molecule has 0 aliphatic heterocycles. The smallest absolute Gasteiger partial charge is 0.254 e. The highest BCUT2D eigenvalue weighted by molar-refractivity contribution is 5.95. The first kappa shape index (κ1) is 17.4. The second kappa shape index (κ2) is 8.56. The number of anilines is 1. The van der Waals surface area contributed by atoms with E-state index >= 15 is 0 Å². The normalized spacial score (nSPS) is 12.3. The van der Waals surface area contributed by atoms with E-state index in [1.807, 2.05) is 32.8 Å². The summed E-state index contributed by atoms with van der Waals surface area (Å²) in [5.41, 5.74) is 0.0281. The number of hydrogen-bond donors (Lipinski definition) is 2. The van der Waals surface area contributed by atoms with Gasteiger partial charge in [0.1, 0.15) is 0 Å². The molecule has 0 aromatic carbocycles. The summed E-state index contributed by atoms with van der Waals surface area (Å²) in [7, 11) is 3.95. The van der Waals surface area contributed by atoms with Crippen LogP contribution in [0.5, 0.6) is 0 Å². The Kier molecular flexibility index (Phi) is 7.08. The van der Waals surface area contributed by atoms with E-state index in [9.17, 15) is 9.18 Å². The molecule has 0 radical (unpaired) electrons. The van der Waals surface area contributed by atoms with E-state index < -0.39 is 11.7 Å². The highest BCUT2D eigenvalue weighted by atomic mass is 19.1. The van der Waals surface area contributed by atoms with E-state index in [0.29, 0.717) is 6.54 Å². The first-order valence-corrected chi connectivity index (χ1v) is 7.29. The van der Waals surface area contributed by atoms with E-state index in [4.69, 9.17) is 0 Å². The molecule has 1 atom stereocenters. The Morgan fingerprint density at radius 1 is 1.48 bits per heavy atom. The third kappa shape index (κ3) is 5.67. The third-order valence-electron chi connectivity index (χ3n) is 3.06. The predicted octanol–water partition coefficient (Wildman–Crippen LogP) is 2.11. The largest absolute Gasteiger partial charge is 0.368 e. The molecule has 5 nitrogen and oxygen atoms in total. The van der Waals surface area contributed by atoms with Gasteiger partial charge in [0, 0.05) is 18.8 Å². The number of halogens is 1. The van der Waals surface area contributed by atoms with E-state index in [-0.39, 0.29) is 17.4 Å². The van der Waals surface area contributed by atoms with Crippen LogP contribution in [0.25, 0.3) is 0 Å². The molecule has 21 heavy (non-hydrogen) atoms. The van der Waals surface area contributed by atoms with Crippen molar-refractivity contribution >= 4 is 11.7 Å². The van der Waals surface area contributed by atoms with Gasteiger partial charge in [0.25, 0.3) is 5.91 Å². The van der Waals surface area contributed by atoms with Crippen molar-refractivity contribution in [3.8, 4) is 0 Å². The number of carbonyl (C=O) groups excluding carboxylic acids is 1. The van der Waals surface area contributed by atoms with E-state index in [0.717, 1.165) is 19.4 Å². The average molecular weight is 296 g/mol. The Labute approximate surface area is 125 Å². The summed E-state index contributed by atoms with van der Waals surface area (Å²) in [5.74, 6) is -0.866. The van der Waals surface area contributed by atoms with Crippen LogP contribution in [-0.2, 0) is 0 Å². The van der Waals surface area contributed by atoms with Crippen molar-refractivity contribution in [2.75, 3.05) is 32.5 Å². The maximum absolute atomic E-state index is 14.2. The highest BCUT2D eigenvalue weighted by Gasteiger charge is 2.17. The summed E-state index contributed by atoms with van der Waals surface area (Å²) >= 11 is 0. The summed E-state index contributed by atoms with van der Waals surface area (Å²) in [6.07, 6.45) is 3.12. The Hall–Kier alpha value is -1.69. The second-order valence-corrected chi connectivity index (χ2v) is 5.41. The topological polar surface area (TPSA) is 57.3 Å². The molecule has 0 saturated carbocycles. The first-order chi connectivity index (χ1) is 9.95. The van der Waals surface area contributed by atoms with Crippen LogP contribution < -0.4 is 10.6 Å². The number of aromatic nitrogens is 1. The van der Waals surface area contributed by atoms with Gasteiger partial charge in [-0.25, -0.2) is 9.37 Å². The van der Waals surface area contributed by atoms with E-state index in [1.165, 1.54) is 12.3 Å². The minimum atomic E-state index is -0.594. The lowest BCUT2D eigenvalue weighted by molar-refractivity contribution is 0.0932. The van der Waals surface area contributed by atoms with Crippen LogP contribution in [-0.4, -0.2) is 49.0 Å². The first-order valence-electron chi connectivity index (χ1n) is 7.29. The average Bonchev–Trinajstić information content (AvgIpc) is 2.44. The van der Waals surface area contributed by atoms with Crippen molar-refractivity contribution in [3.63, 3.8) is 0 Å². The molecule has 0 saturated heterocycles. The van der Waals surface area contributed by atoms with Gasteiger partial charge in [-0.1, -0.05) is 6.92 Å². The van der Waals surface area contributed by atoms with Gasteiger partial charge in [-0.2, -0.15) is 0 Å². The Morgan fingerprint density at radius 2 is 2.19 bits per heavy atom. The fourth-order valence-corrected chi connectivity index (χ4v) is 1.81. The van der Waals surface area contributed by atoms with Crippen LogP contribution in [0.15, 0.2) is 12.3 Å². The second-order valence-electron chi connectivity index (χ2n) is 5.41. The number of carbonyl (C=O) groups is 1. The fourth-order valence-electron chi connectivity index (χ4n) is 1.81. The van der Waals surface area contributed by atoms with Gasteiger partial charge in [-0.05, 0) is 46.5 Å². The van der Waals surface area contributed by atoms with Crippen LogP contribution in [0, 0.1) is 5.82 Å². The lowest BCUT2D eigenvalue weighted by Gasteiger charge is -2.17. The Morgan fingerprint density at radius 3 is 2.81 bits per heavy atom. The molecule has 1 unspecified atom stereocenters. The molecular formula is C15H25FN4O. The van der Waals surface area contributed by atoms with Crippen LogP contribution in [0.3, 0.4) is 0 Å². The van der Waals surface area contributed by atoms with Gasteiger partial charge in [0.15, 0.2) is 11.6 Å². The number of rotatable bonds is 8. The van der Waals surface area contributed by atoms with Gasteiger partial charge in [0.2, 0.25) is 0 Å². The molecule has 1 aromatic rings. The van der Waals surface area contributed by atoms with Gasteiger partial charge in [-0.3, -0.25) is 4.79 Å². The third-order valence-corrected chi connectivity index (χ3v) is 3.06. The maximum atomic E-state index is 14.2. The predicted molar refractivity (Wildman–Crippen MR) is 83.1 cm³/mol. The summed E-state index contributed by atoms with van der Waals surface area (Å²) in [6.45, 7) is 5.38. The molecule has 1 rings (SSSR count). The quantitative estimate of drug-likeness (QED) is 0.771. The molecule has 0 aliphatic carbocycles. The Bertz CT molecular complexity index is 465. The molecule has 1 aromatic heterocycles. The summed E-state index contributed by atoms with van der Waals surface area (Å²) in [4.78, 5) is 18.1. The molecule has 1 amide bonds. The molecule has 0 fully saturated rings. The minimum Gasteiger partial charge on any atom is -0.368 e. The SMILES string of the molecule is CCCNc1nccc(C(=O)NC(C)CCN(C)C)c1F. The molecule has 118 valence electrons. The zero-order valence-corrected chi connectivity index (χ0v) is 13.2. The van der Waals surface area contributed by atoms with Crippen molar-refractivity contribution in [2.45, 2.75) is 32.7 Å². The van der Waals surface area contributed by atoms with Gasteiger partial charge >= 0.3 is 0 Å². The molecule has 0 spiro atoms. The van der Waals surface area contributed by atoms with Crippen LogP contribution in [0.2, 0.25) is 0 Å².